The molecule has 0 saturated heterocycles. The summed E-state index contributed by atoms with van der Waals surface area (Å²) < 4.78 is 4.94. The molecular formula is C12H21N3O. The molecule has 1 unspecified atom stereocenters. The molecule has 1 atom stereocenters. The first-order valence-electron chi connectivity index (χ1n) is 6.10. The third kappa shape index (κ3) is 2.61. The van der Waals surface area contributed by atoms with Crippen LogP contribution in [-0.4, -0.2) is 22.7 Å². The standard InChI is InChI=1S/C12H21N3O/c1-9-14-11(15-16-9)6-8-13-10-5-4-7-12(10,2)3/h10,13H,4-8H2,1-3H3. The molecule has 0 bridgehead atoms. The highest BCUT2D eigenvalue weighted by Crippen LogP contribution is 2.36. The monoisotopic (exact) mass is 223 g/mol. The summed E-state index contributed by atoms with van der Waals surface area (Å²) in [4.78, 5) is 4.19. The molecular weight excluding hydrogens is 202 g/mol. The highest BCUT2D eigenvalue weighted by molar-refractivity contribution is 4.91. The highest BCUT2D eigenvalue weighted by Gasteiger charge is 2.33. The average molecular weight is 223 g/mol. The van der Waals surface area contributed by atoms with Gasteiger partial charge in [-0.05, 0) is 18.3 Å². The molecule has 2 rings (SSSR count). The summed E-state index contributed by atoms with van der Waals surface area (Å²) in [5.74, 6) is 1.46. The van der Waals surface area contributed by atoms with Crippen molar-refractivity contribution in [3.8, 4) is 0 Å². The van der Waals surface area contributed by atoms with Gasteiger partial charge in [-0.15, -0.1) is 0 Å². The van der Waals surface area contributed by atoms with Crippen molar-refractivity contribution in [1.82, 2.24) is 15.5 Å². The molecule has 1 heterocycles. The number of aromatic nitrogens is 2. The van der Waals surface area contributed by atoms with Gasteiger partial charge in [-0.1, -0.05) is 25.4 Å². The fourth-order valence-corrected chi connectivity index (χ4v) is 2.51. The van der Waals surface area contributed by atoms with E-state index in [9.17, 15) is 0 Å². The van der Waals surface area contributed by atoms with Crippen molar-refractivity contribution in [3.63, 3.8) is 0 Å². The lowest BCUT2D eigenvalue weighted by atomic mass is 9.87. The van der Waals surface area contributed by atoms with Crippen LogP contribution in [0.25, 0.3) is 0 Å². The van der Waals surface area contributed by atoms with E-state index >= 15 is 0 Å². The van der Waals surface area contributed by atoms with Crippen molar-refractivity contribution in [2.75, 3.05) is 6.54 Å². The maximum atomic E-state index is 4.94. The first kappa shape index (κ1) is 11.6. The number of hydrogen-bond donors (Lipinski definition) is 1. The van der Waals surface area contributed by atoms with Gasteiger partial charge in [0.25, 0.3) is 0 Å². The van der Waals surface area contributed by atoms with E-state index in [1.807, 2.05) is 6.92 Å². The molecule has 4 heteroatoms. The first-order valence-corrected chi connectivity index (χ1v) is 6.10. The molecule has 0 amide bonds. The molecule has 1 aromatic rings. The molecule has 1 aromatic heterocycles. The lowest BCUT2D eigenvalue weighted by Crippen LogP contribution is -2.38. The van der Waals surface area contributed by atoms with Crippen molar-refractivity contribution in [2.45, 2.75) is 52.5 Å². The maximum Gasteiger partial charge on any atom is 0.223 e. The van der Waals surface area contributed by atoms with Crippen molar-refractivity contribution in [3.05, 3.63) is 11.7 Å². The number of nitrogens with one attached hydrogen (secondary N) is 1. The van der Waals surface area contributed by atoms with Crippen LogP contribution >= 0.6 is 0 Å². The van der Waals surface area contributed by atoms with E-state index in [-0.39, 0.29) is 0 Å². The summed E-state index contributed by atoms with van der Waals surface area (Å²) in [6.07, 6.45) is 4.81. The second-order valence-electron chi connectivity index (χ2n) is 5.37. The summed E-state index contributed by atoms with van der Waals surface area (Å²) >= 11 is 0. The van der Waals surface area contributed by atoms with Gasteiger partial charge in [-0.2, -0.15) is 4.98 Å². The van der Waals surface area contributed by atoms with E-state index in [1.165, 1.54) is 19.3 Å². The Morgan fingerprint density at radius 1 is 1.50 bits per heavy atom. The van der Waals surface area contributed by atoms with Gasteiger partial charge in [-0.25, -0.2) is 0 Å². The van der Waals surface area contributed by atoms with Crippen LogP contribution in [0.5, 0.6) is 0 Å². The Balaban J connectivity index is 1.76. The molecule has 90 valence electrons. The van der Waals surface area contributed by atoms with Crippen LogP contribution < -0.4 is 5.32 Å². The van der Waals surface area contributed by atoms with E-state index in [0.717, 1.165) is 18.8 Å². The third-order valence-corrected chi connectivity index (χ3v) is 3.57. The molecule has 0 radical (unpaired) electrons. The molecule has 4 nitrogen and oxygen atoms in total. The van der Waals surface area contributed by atoms with Gasteiger partial charge >= 0.3 is 0 Å². The molecule has 1 aliphatic carbocycles. The van der Waals surface area contributed by atoms with Gasteiger partial charge in [0, 0.05) is 25.9 Å². The first-order chi connectivity index (χ1) is 7.58. The molecule has 1 saturated carbocycles. The molecule has 1 aliphatic rings. The minimum Gasteiger partial charge on any atom is -0.340 e. The van der Waals surface area contributed by atoms with E-state index in [4.69, 9.17) is 4.52 Å². The van der Waals surface area contributed by atoms with Crippen molar-refractivity contribution >= 4 is 0 Å². The average Bonchev–Trinajstić information content (AvgIpc) is 2.74. The predicted octanol–water partition coefficient (Wildman–Crippen LogP) is 2.09. The molecule has 0 aromatic carbocycles. The minimum absolute atomic E-state index is 0.438. The molecule has 1 N–H and O–H groups in total. The van der Waals surface area contributed by atoms with Gasteiger partial charge in [0.15, 0.2) is 5.82 Å². The fourth-order valence-electron chi connectivity index (χ4n) is 2.51. The zero-order chi connectivity index (χ0) is 11.6. The van der Waals surface area contributed by atoms with Gasteiger partial charge in [-0.3, -0.25) is 0 Å². The van der Waals surface area contributed by atoms with E-state index in [1.54, 1.807) is 0 Å². The van der Waals surface area contributed by atoms with E-state index in [2.05, 4.69) is 29.3 Å². The fraction of sp³-hybridized carbons (Fsp3) is 0.833. The normalized spacial score (nSPS) is 23.8. The summed E-state index contributed by atoms with van der Waals surface area (Å²) in [5.41, 5.74) is 0.438. The zero-order valence-electron chi connectivity index (χ0n) is 10.4. The quantitative estimate of drug-likeness (QED) is 0.849. The number of hydrogen-bond acceptors (Lipinski definition) is 4. The topological polar surface area (TPSA) is 51.0 Å². The van der Waals surface area contributed by atoms with Crippen LogP contribution in [0.4, 0.5) is 0 Å². The predicted molar refractivity (Wildman–Crippen MR) is 62.2 cm³/mol. The Bertz CT molecular complexity index is 346. The Labute approximate surface area is 96.8 Å². The van der Waals surface area contributed by atoms with Crippen LogP contribution in [-0.2, 0) is 6.42 Å². The smallest absolute Gasteiger partial charge is 0.223 e. The summed E-state index contributed by atoms with van der Waals surface area (Å²) in [6, 6.07) is 0.639. The van der Waals surface area contributed by atoms with Crippen molar-refractivity contribution in [2.24, 2.45) is 5.41 Å². The lowest BCUT2D eigenvalue weighted by molar-refractivity contribution is 0.284. The van der Waals surface area contributed by atoms with Gasteiger partial charge in [0.2, 0.25) is 5.89 Å². The lowest BCUT2D eigenvalue weighted by Gasteiger charge is -2.27. The van der Waals surface area contributed by atoms with Crippen LogP contribution in [0.3, 0.4) is 0 Å². The number of nitrogens with zero attached hydrogens (tertiary/aromatic N) is 2. The second kappa shape index (κ2) is 4.53. The maximum absolute atomic E-state index is 4.94. The van der Waals surface area contributed by atoms with E-state index < -0.39 is 0 Å². The Morgan fingerprint density at radius 3 is 2.88 bits per heavy atom. The second-order valence-corrected chi connectivity index (χ2v) is 5.37. The van der Waals surface area contributed by atoms with Gasteiger partial charge < -0.3 is 9.84 Å². The number of aryl methyl sites for hydroxylation is 1. The Morgan fingerprint density at radius 2 is 2.31 bits per heavy atom. The van der Waals surface area contributed by atoms with Crippen LogP contribution in [0.2, 0.25) is 0 Å². The van der Waals surface area contributed by atoms with Crippen LogP contribution in [0.1, 0.15) is 44.8 Å². The minimum atomic E-state index is 0.438. The van der Waals surface area contributed by atoms with Crippen molar-refractivity contribution < 1.29 is 4.52 Å². The third-order valence-electron chi connectivity index (χ3n) is 3.57. The van der Waals surface area contributed by atoms with Crippen LogP contribution in [0.15, 0.2) is 4.52 Å². The van der Waals surface area contributed by atoms with E-state index in [0.29, 0.717) is 17.3 Å². The Hall–Kier alpha value is -0.900. The zero-order valence-corrected chi connectivity index (χ0v) is 10.4. The SMILES string of the molecule is Cc1nc(CCNC2CCCC2(C)C)no1. The molecule has 1 fully saturated rings. The summed E-state index contributed by atoms with van der Waals surface area (Å²) in [5, 5.41) is 7.50. The summed E-state index contributed by atoms with van der Waals surface area (Å²) in [7, 11) is 0. The molecule has 0 aliphatic heterocycles. The van der Waals surface area contributed by atoms with Crippen molar-refractivity contribution in [1.29, 1.82) is 0 Å². The van der Waals surface area contributed by atoms with Gasteiger partial charge in [0.1, 0.15) is 0 Å². The highest BCUT2D eigenvalue weighted by atomic mass is 16.5. The van der Waals surface area contributed by atoms with Gasteiger partial charge in [0.05, 0.1) is 0 Å². The Kier molecular flexibility index (Phi) is 3.28. The largest absolute Gasteiger partial charge is 0.340 e. The summed E-state index contributed by atoms with van der Waals surface area (Å²) in [6.45, 7) is 7.45. The molecule has 0 spiro atoms. The van der Waals surface area contributed by atoms with Crippen LogP contribution in [0, 0.1) is 12.3 Å². The molecule has 16 heavy (non-hydrogen) atoms. The number of rotatable bonds is 4.